The number of nitrogens with one attached hydrogen (secondary N) is 2. The number of carbonyl (C=O) groups excluding carboxylic acids is 1. The van der Waals surface area contributed by atoms with Crippen molar-refractivity contribution in [1.29, 1.82) is 0 Å². The van der Waals surface area contributed by atoms with Crippen LogP contribution in [0.1, 0.15) is 10.4 Å². The van der Waals surface area contributed by atoms with Crippen molar-refractivity contribution < 1.29 is 23.4 Å². The molecule has 1 amide bonds. The molecular formula is C24H20BrN3O5S. The van der Waals surface area contributed by atoms with Gasteiger partial charge >= 0.3 is 0 Å². The smallest absolute Gasteiger partial charge is 0.257 e. The standard InChI is InChI=1S/C24H20BrN3O5S/c1-30-18-7-4-13(10-16(18)25)22(29)28-24(34)26-15-6-9-19-17(12-15)27-23(33-19)14-5-8-20(31-2)21(11-14)32-3/h4-12H,1-3H3,(H2,26,28,29,34). The minimum absolute atomic E-state index is 0.153. The summed E-state index contributed by atoms with van der Waals surface area (Å²) in [5.41, 5.74) is 3.07. The summed E-state index contributed by atoms with van der Waals surface area (Å²) in [7, 11) is 4.70. The topological polar surface area (TPSA) is 94.9 Å². The number of aromatic nitrogens is 1. The highest BCUT2D eigenvalue weighted by molar-refractivity contribution is 9.10. The van der Waals surface area contributed by atoms with E-state index in [4.69, 9.17) is 30.8 Å². The summed E-state index contributed by atoms with van der Waals surface area (Å²) in [5, 5.41) is 5.81. The number of anilines is 1. The fraction of sp³-hybridized carbons (Fsp3) is 0.125. The van der Waals surface area contributed by atoms with Gasteiger partial charge in [0, 0.05) is 16.8 Å². The number of rotatable bonds is 6. The predicted molar refractivity (Wildman–Crippen MR) is 137 cm³/mol. The Bertz CT molecular complexity index is 1390. The van der Waals surface area contributed by atoms with E-state index in [9.17, 15) is 4.79 Å². The van der Waals surface area contributed by atoms with Gasteiger partial charge < -0.3 is 23.9 Å². The second-order valence-corrected chi connectivity index (χ2v) is 8.29. The average Bonchev–Trinajstić information content (AvgIpc) is 3.26. The van der Waals surface area contributed by atoms with Crippen molar-refractivity contribution in [3.05, 3.63) is 64.6 Å². The largest absolute Gasteiger partial charge is 0.496 e. The summed E-state index contributed by atoms with van der Waals surface area (Å²) in [5.74, 6) is 1.92. The predicted octanol–water partition coefficient (Wildman–Crippen LogP) is 5.41. The Morgan fingerprint density at radius 2 is 1.68 bits per heavy atom. The van der Waals surface area contributed by atoms with Gasteiger partial charge in [-0.1, -0.05) is 0 Å². The normalized spacial score (nSPS) is 10.6. The molecule has 0 aliphatic carbocycles. The molecular weight excluding hydrogens is 522 g/mol. The van der Waals surface area contributed by atoms with E-state index in [1.165, 1.54) is 0 Å². The molecule has 4 rings (SSSR count). The lowest BCUT2D eigenvalue weighted by atomic mass is 10.2. The first-order valence-corrected chi connectivity index (χ1v) is 11.2. The number of hydrogen-bond donors (Lipinski definition) is 2. The number of carbonyl (C=O) groups is 1. The number of halogens is 1. The van der Waals surface area contributed by atoms with Gasteiger partial charge in [-0.2, -0.15) is 0 Å². The van der Waals surface area contributed by atoms with Gasteiger partial charge in [-0.3, -0.25) is 10.1 Å². The van der Waals surface area contributed by atoms with Crippen molar-refractivity contribution in [2.75, 3.05) is 26.6 Å². The molecule has 8 nitrogen and oxygen atoms in total. The fourth-order valence-electron chi connectivity index (χ4n) is 3.24. The molecule has 174 valence electrons. The van der Waals surface area contributed by atoms with E-state index in [-0.39, 0.29) is 11.0 Å². The Kier molecular flexibility index (Phi) is 6.99. The number of benzene rings is 3. The van der Waals surface area contributed by atoms with Crippen LogP contribution in [0.3, 0.4) is 0 Å². The van der Waals surface area contributed by atoms with Gasteiger partial charge in [0.2, 0.25) is 5.89 Å². The number of fused-ring (bicyclic) bond motifs is 1. The molecule has 0 fully saturated rings. The van der Waals surface area contributed by atoms with E-state index in [1.807, 2.05) is 6.07 Å². The van der Waals surface area contributed by atoms with Crippen molar-refractivity contribution in [3.63, 3.8) is 0 Å². The maximum absolute atomic E-state index is 12.5. The van der Waals surface area contributed by atoms with Crippen molar-refractivity contribution >= 4 is 56.0 Å². The zero-order chi connectivity index (χ0) is 24.2. The number of oxazole rings is 1. The number of thiocarbonyl (C=S) groups is 1. The van der Waals surface area contributed by atoms with Gasteiger partial charge in [0.1, 0.15) is 11.3 Å². The second kappa shape index (κ2) is 10.1. The van der Waals surface area contributed by atoms with Gasteiger partial charge in [0.05, 0.1) is 25.8 Å². The molecule has 0 bridgehead atoms. The molecule has 2 N–H and O–H groups in total. The highest BCUT2D eigenvalue weighted by Gasteiger charge is 2.14. The van der Waals surface area contributed by atoms with Crippen molar-refractivity contribution in [1.82, 2.24) is 10.3 Å². The van der Waals surface area contributed by atoms with Crippen LogP contribution in [0.2, 0.25) is 0 Å². The van der Waals surface area contributed by atoms with Crippen LogP contribution in [0.15, 0.2) is 63.5 Å². The van der Waals surface area contributed by atoms with E-state index >= 15 is 0 Å². The molecule has 0 atom stereocenters. The molecule has 0 aliphatic heterocycles. The Morgan fingerprint density at radius 3 is 2.38 bits per heavy atom. The fourth-order valence-corrected chi connectivity index (χ4v) is 3.99. The highest BCUT2D eigenvalue weighted by atomic mass is 79.9. The van der Waals surface area contributed by atoms with Gasteiger partial charge in [-0.15, -0.1) is 0 Å². The molecule has 3 aromatic carbocycles. The lowest BCUT2D eigenvalue weighted by Gasteiger charge is -2.10. The monoisotopic (exact) mass is 541 g/mol. The van der Waals surface area contributed by atoms with E-state index in [0.29, 0.717) is 50.0 Å². The van der Waals surface area contributed by atoms with Crippen LogP contribution in [0, 0.1) is 0 Å². The Morgan fingerprint density at radius 1 is 0.941 bits per heavy atom. The Balaban J connectivity index is 1.48. The van der Waals surface area contributed by atoms with Crippen molar-refractivity contribution in [2.24, 2.45) is 0 Å². The summed E-state index contributed by atoms with van der Waals surface area (Å²) in [6, 6.07) is 15.8. The Hall–Kier alpha value is -3.63. The van der Waals surface area contributed by atoms with Crippen LogP contribution in [-0.4, -0.2) is 37.3 Å². The summed E-state index contributed by atoms with van der Waals surface area (Å²) in [6.45, 7) is 0. The number of hydrogen-bond acceptors (Lipinski definition) is 7. The molecule has 4 aromatic rings. The summed E-state index contributed by atoms with van der Waals surface area (Å²) < 4.78 is 22.4. The van der Waals surface area contributed by atoms with E-state index in [1.54, 1.807) is 69.9 Å². The molecule has 0 saturated heterocycles. The first-order valence-electron chi connectivity index (χ1n) is 10.0. The highest BCUT2D eigenvalue weighted by Crippen LogP contribution is 2.33. The van der Waals surface area contributed by atoms with Gasteiger partial charge in [-0.05, 0) is 82.7 Å². The maximum Gasteiger partial charge on any atom is 0.257 e. The SMILES string of the molecule is COc1ccc(C(=O)NC(=S)Nc2ccc3oc(-c4ccc(OC)c(OC)c4)nc3c2)cc1Br. The molecule has 10 heteroatoms. The maximum atomic E-state index is 12.5. The number of ether oxygens (including phenoxy) is 3. The third-order valence-electron chi connectivity index (χ3n) is 4.92. The van der Waals surface area contributed by atoms with Crippen molar-refractivity contribution in [2.45, 2.75) is 0 Å². The molecule has 0 saturated carbocycles. The van der Waals surface area contributed by atoms with Crippen LogP contribution >= 0.6 is 28.1 Å². The molecule has 0 aliphatic rings. The minimum Gasteiger partial charge on any atom is -0.496 e. The zero-order valence-electron chi connectivity index (χ0n) is 18.5. The molecule has 1 heterocycles. The first kappa shape index (κ1) is 23.5. The lowest BCUT2D eigenvalue weighted by molar-refractivity contribution is 0.0977. The third kappa shape index (κ3) is 4.97. The third-order valence-corrected chi connectivity index (χ3v) is 5.74. The molecule has 0 unspecified atom stereocenters. The van der Waals surface area contributed by atoms with E-state index < -0.39 is 0 Å². The van der Waals surface area contributed by atoms with Crippen molar-refractivity contribution in [3.8, 4) is 28.7 Å². The summed E-state index contributed by atoms with van der Waals surface area (Å²) >= 11 is 8.67. The van der Waals surface area contributed by atoms with Crippen LogP contribution in [0.25, 0.3) is 22.6 Å². The zero-order valence-corrected chi connectivity index (χ0v) is 20.9. The number of amides is 1. The average molecular weight is 542 g/mol. The molecule has 0 radical (unpaired) electrons. The number of nitrogens with zero attached hydrogens (tertiary/aromatic N) is 1. The number of methoxy groups -OCH3 is 3. The quantitative estimate of drug-likeness (QED) is 0.313. The van der Waals surface area contributed by atoms with Gasteiger partial charge in [0.15, 0.2) is 22.2 Å². The molecule has 34 heavy (non-hydrogen) atoms. The lowest BCUT2D eigenvalue weighted by Crippen LogP contribution is -2.34. The first-order chi connectivity index (χ1) is 16.4. The van der Waals surface area contributed by atoms with Gasteiger partial charge in [-0.25, -0.2) is 4.98 Å². The van der Waals surface area contributed by atoms with Crippen LogP contribution < -0.4 is 24.8 Å². The summed E-state index contributed by atoms with van der Waals surface area (Å²) in [4.78, 5) is 17.1. The van der Waals surface area contributed by atoms with E-state index in [0.717, 1.165) is 5.56 Å². The van der Waals surface area contributed by atoms with Crippen LogP contribution in [-0.2, 0) is 0 Å². The molecule has 0 spiro atoms. The molecule has 1 aromatic heterocycles. The van der Waals surface area contributed by atoms with Crippen LogP contribution in [0.4, 0.5) is 5.69 Å². The summed E-state index contributed by atoms with van der Waals surface area (Å²) in [6.07, 6.45) is 0. The van der Waals surface area contributed by atoms with Crippen LogP contribution in [0.5, 0.6) is 17.2 Å². The Labute approximate surface area is 209 Å². The second-order valence-electron chi connectivity index (χ2n) is 7.03. The minimum atomic E-state index is -0.348. The van der Waals surface area contributed by atoms with E-state index in [2.05, 4.69) is 31.5 Å². The van der Waals surface area contributed by atoms with Gasteiger partial charge in [0.25, 0.3) is 5.91 Å².